The Kier molecular flexibility index (Phi) is 0.631. The molecular weight excluding hydrogens is 118 g/mol. The largest absolute Gasteiger partial charge is 0.480 e. The zero-order chi connectivity index (χ0) is 6.27. The number of fused-ring (bicyclic) bond motifs is 1. The summed E-state index contributed by atoms with van der Waals surface area (Å²) in [4.78, 5) is 6.28. The van der Waals surface area contributed by atoms with Crippen LogP contribution in [0.5, 0.6) is 6.01 Å². The Morgan fingerprint density at radius 3 is 3.22 bits per heavy atom. The lowest BCUT2D eigenvalue weighted by atomic mass is 10.5. The first-order valence-electron chi connectivity index (χ1n) is 2.52. The van der Waals surface area contributed by atoms with Crippen LogP contribution in [-0.4, -0.2) is 15.1 Å². The predicted octanol–water partition coefficient (Wildman–Crippen LogP) is 0.335. The minimum Gasteiger partial charge on any atom is -0.480 e. The first-order valence-corrected chi connectivity index (χ1v) is 2.52. The van der Waals surface area contributed by atoms with Gasteiger partial charge in [-0.3, -0.25) is 4.98 Å². The maximum absolute atomic E-state index is 8.74. The van der Waals surface area contributed by atoms with E-state index in [2.05, 4.69) is 15.3 Å². The molecule has 0 amide bonds. The van der Waals surface area contributed by atoms with E-state index in [4.69, 9.17) is 5.11 Å². The third-order valence-corrected chi connectivity index (χ3v) is 1.14. The molecule has 2 heterocycles. The first-order chi connectivity index (χ1) is 4.36. The average molecular weight is 122 g/mol. The maximum atomic E-state index is 8.74. The van der Waals surface area contributed by atoms with Gasteiger partial charge in [-0.2, -0.15) is 4.98 Å². The molecule has 0 aliphatic carbocycles. The fourth-order valence-electron chi connectivity index (χ4n) is 0.762. The van der Waals surface area contributed by atoms with Crippen LogP contribution in [0.25, 0.3) is 6.08 Å². The summed E-state index contributed by atoms with van der Waals surface area (Å²) < 4.78 is 0. The van der Waals surface area contributed by atoms with E-state index in [1.54, 1.807) is 12.3 Å². The van der Waals surface area contributed by atoms with Crippen LogP contribution in [0.1, 0.15) is 5.69 Å². The lowest BCUT2D eigenvalue weighted by molar-refractivity contribution is 0.436. The molecule has 4 heteroatoms. The monoisotopic (exact) mass is 122 g/mol. The highest BCUT2D eigenvalue weighted by Gasteiger charge is 2.10. The normalized spacial score (nSPS) is 13.3. The van der Waals surface area contributed by atoms with Crippen LogP contribution in [0.2, 0.25) is 0 Å². The van der Waals surface area contributed by atoms with Gasteiger partial charge in [0.15, 0.2) is 5.82 Å². The lowest BCUT2D eigenvalue weighted by Crippen LogP contribution is -1.78. The smallest absolute Gasteiger partial charge is 0.293 e. The molecule has 1 aromatic rings. The molecule has 0 saturated heterocycles. The van der Waals surface area contributed by atoms with E-state index in [0.29, 0.717) is 11.5 Å². The van der Waals surface area contributed by atoms with Gasteiger partial charge in [-0.25, -0.2) is 5.32 Å². The summed E-state index contributed by atoms with van der Waals surface area (Å²) in [6.07, 6.45) is 3.36. The molecular formula is C5H4N3O. The number of rotatable bonds is 0. The molecule has 1 aliphatic heterocycles. The van der Waals surface area contributed by atoms with Crippen molar-refractivity contribution in [1.82, 2.24) is 15.3 Å². The third-order valence-electron chi connectivity index (χ3n) is 1.14. The zero-order valence-electron chi connectivity index (χ0n) is 4.50. The Labute approximate surface area is 51.2 Å². The lowest BCUT2D eigenvalue weighted by Gasteiger charge is -1.81. The van der Waals surface area contributed by atoms with Crippen molar-refractivity contribution in [3.63, 3.8) is 0 Å². The van der Waals surface area contributed by atoms with Crippen LogP contribution in [0, 0.1) is 0 Å². The van der Waals surface area contributed by atoms with E-state index in [1.165, 1.54) is 0 Å². The molecule has 0 saturated carbocycles. The van der Waals surface area contributed by atoms with Crippen LogP contribution in [0.15, 0.2) is 6.20 Å². The number of imidazole rings is 1. The number of aromatic hydroxyl groups is 1. The van der Waals surface area contributed by atoms with Crippen molar-refractivity contribution in [2.24, 2.45) is 0 Å². The van der Waals surface area contributed by atoms with E-state index in [0.717, 1.165) is 0 Å². The van der Waals surface area contributed by atoms with Crippen LogP contribution in [0.3, 0.4) is 0 Å². The Morgan fingerprint density at radius 2 is 2.44 bits per heavy atom. The Bertz CT molecular complexity index is 263. The number of nitrogens with zero attached hydrogens (tertiary/aromatic N) is 2. The van der Waals surface area contributed by atoms with E-state index < -0.39 is 0 Å². The second-order valence-corrected chi connectivity index (χ2v) is 1.74. The molecule has 2 rings (SSSR count). The van der Waals surface area contributed by atoms with Gasteiger partial charge >= 0.3 is 0 Å². The fraction of sp³-hybridized carbons (Fsp3) is 0. The molecule has 9 heavy (non-hydrogen) atoms. The van der Waals surface area contributed by atoms with Crippen molar-refractivity contribution in [3.05, 3.63) is 11.9 Å². The van der Waals surface area contributed by atoms with Crippen molar-refractivity contribution >= 4 is 11.9 Å². The molecule has 45 valence electrons. The summed E-state index contributed by atoms with van der Waals surface area (Å²) in [5.41, 5.74) is 0.701. The quantitative estimate of drug-likeness (QED) is 0.521. The summed E-state index contributed by atoms with van der Waals surface area (Å²) in [5, 5.41) is 12.6. The van der Waals surface area contributed by atoms with Gasteiger partial charge in [0.1, 0.15) is 5.69 Å². The minimum absolute atomic E-state index is 0.0758. The average Bonchev–Trinajstić information content (AvgIpc) is 2.22. The number of H-pyrrole nitrogens is 1. The third kappa shape index (κ3) is 0.495. The molecule has 1 aromatic heterocycles. The van der Waals surface area contributed by atoms with Crippen LogP contribution < -0.4 is 5.32 Å². The summed E-state index contributed by atoms with van der Waals surface area (Å²) >= 11 is 0. The number of nitrogens with one attached hydrogen (secondary N) is 1. The highest BCUT2D eigenvalue weighted by atomic mass is 16.3. The van der Waals surface area contributed by atoms with E-state index in [9.17, 15) is 0 Å². The summed E-state index contributed by atoms with van der Waals surface area (Å²) in [7, 11) is 0. The molecule has 0 spiro atoms. The van der Waals surface area contributed by atoms with Crippen LogP contribution in [0.4, 0.5) is 5.82 Å². The number of hydrogen-bond acceptors (Lipinski definition) is 2. The second-order valence-electron chi connectivity index (χ2n) is 1.74. The molecule has 0 aromatic carbocycles. The summed E-state index contributed by atoms with van der Waals surface area (Å²) in [6.45, 7) is 0. The Balaban J connectivity index is 2.61. The highest BCUT2D eigenvalue weighted by Crippen LogP contribution is 2.21. The van der Waals surface area contributed by atoms with Gasteiger partial charge in [0.05, 0.1) is 0 Å². The maximum Gasteiger partial charge on any atom is 0.293 e. The fourth-order valence-corrected chi connectivity index (χ4v) is 0.762. The summed E-state index contributed by atoms with van der Waals surface area (Å²) in [6, 6.07) is -0.0758. The molecule has 0 fully saturated rings. The first kappa shape index (κ1) is 4.43. The van der Waals surface area contributed by atoms with Gasteiger partial charge in [-0.05, 0) is 6.08 Å². The molecule has 0 atom stereocenters. The van der Waals surface area contributed by atoms with Crippen molar-refractivity contribution in [2.45, 2.75) is 0 Å². The van der Waals surface area contributed by atoms with Crippen LogP contribution >= 0.6 is 0 Å². The number of aromatic amines is 1. The van der Waals surface area contributed by atoms with Gasteiger partial charge < -0.3 is 5.11 Å². The number of aromatic nitrogens is 2. The Morgan fingerprint density at radius 1 is 1.56 bits per heavy atom. The zero-order valence-corrected chi connectivity index (χ0v) is 4.50. The molecule has 1 aliphatic rings. The molecule has 0 unspecified atom stereocenters. The molecule has 4 nitrogen and oxygen atoms in total. The minimum atomic E-state index is -0.0758. The van der Waals surface area contributed by atoms with Gasteiger partial charge in [0.2, 0.25) is 0 Å². The van der Waals surface area contributed by atoms with Crippen LogP contribution in [-0.2, 0) is 0 Å². The highest BCUT2D eigenvalue weighted by molar-refractivity contribution is 5.63. The second kappa shape index (κ2) is 1.28. The summed E-state index contributed by atoms with van der Waals surface area (Å²) in [5.74, 6) is 0.632. The number of hydrogen-bond donors (Lipinski definition) is 2. The molecule has 0 bridgehead atoms. The van der Waals surface area contributed by atoms with E-state index in [-0.39, 0.29) is 6.01 Å². The molecule has 2 N–H and O–H groups in total. The van der Waals surface area contributed by atoms with Crippen molar-refractivity contribution in [2.75, 3.05) is 0 Å². The standard InChI is InChI=1S/C5H4N3O/c9-5-7-3-1-2-6-4(3)8-5/h1-2H,(H2,7,8,9). The van der Waals surface area contributed by atoms with Gasteiger partial charge in [-0.15, -0.1) is 0 Å². The predicted molar refractivity (Wildman–Crippen MR) is 31.1 cm³/mol. The van der Waals surface area contributed by atoms with Gasteiger partial charge in [-0.1, -0.05) is 0 Å². The topological polar surface area (TPSA) is 63.0 Å². The SMILES string of the molecule is Oc1nc2c([nH]1)[N]C=C2. The van der Waals surface area contributed by atoms with Crippen molar-refractivity contribution in [1.29, 1.82) is 0 Å². The van der Waals surface area contributed by atoms with Crippen molar-refractivity contribution in [3.8, 4) is 6.01 Å². The Hall–Kier alpha value is -1.45. The van der Waals surface area contributed by atoms with E-state index in [1.807, 2.05) is 0 Å². The van der Waals surface area contributed by atoms with E-state index >= 15 is 0 Å². The molecule has 1 radical (unpaired) electrons. The van der Waals surface area contributed by atoms with Crippen molar-refractivity contribution < 1.29 is 5.11 Å². The van der Waals surface area contributed by atoms with Gasteiger partial charge in [0, 0.05) is 6.20 Å². The van der Waals surface area contributed by atoms with Gasteiger partial charge in [0.25, 0.3) is 6.01 Å².